The van der Waals surface area contributed by atoms with Gasteiger partial charge in [0.25, 0.3) is 0 Å². The first-order valence-electron chi connectivity index (χ1n) is 15.5. The maximum Gasteiger partial charge on any atom is 0.0621 e. The SMILES string of the molecule is CC(C)(C)OCC1(C)C=C2/C=C3/CC(C)(C)C(=N3)C=C3CC(C)(COC(C)(C)C)/C(=C/C4=NC(=C\C1=N2)/C(C)(C)C4)N3. The fourth-order valence-electron chi connectivity index (χ4n) is 6.17. The summed E-state index contributed by atoms with van der Waals surface area (Å²) >= 11 is 0. The highest BCUT2D eigenvalue weighted by atomic mass is 16.5. The van der Waals surface area contributed by atoms with Crippen molar-refractivity contribution < 1.29 is 9.47 Å². The fourth-order valence-corrected chi connectivity index (χ4v) is 6.17. The molecule has 5 aliphatic rings. The van der Waals surface area contributed by atoms with Gasteiger partial charge in [-0.3, -0.25) is 15.0 Å². The lowest BCUT2D eigenvalue weighted by Gasteiger charge is -2.29. The van der Waals surface area contributed by atoms with E-state index < -0.39 is 0 Å². The Morgan fingerprint density at radius 2 is 1.38 bits per heavy atom. The number of ether oxygens (including phenoxy) is 2. The zero-order valence-electron chi connectivity index (χ0n) is 28.1. The van der Waals surface area contributed by atoms with Gasteiger partial charge in [0.2, 0.25) is 0 Å². The number of nitrogens with one attached hydrogen (secondary N) is 1. The van der Waals surface area contributed by atoms with Gasteiger partial charge in [0.05, 0.1) is 41.2 Å². The molecule has 8 bridgehead atoms. The first-order valence-corrected chi connectivity index (χ1v) is 15.5. The molecule has 42 heavy (non-hydrogen) atoms. The number of fused-ring (bicyclic) bond motifs is 5. The minimum Gasteiger partial charge on any atom is -0.375 e. The summed E-state index contributed by atoms with van der Waals surface area (Å²) in [5.74, 6) is 0. The number of rotatable bonds is 4. The van der Waals surface area contributed by atoms with E-state index >= 15 is 0 Å². The standard InChI is InChI=1S/C36H52N4O2/c1-31(2,3)41-21-35(11)20-26-14-27-33(7,8)17-23(37-27)13-24-19-36(12,22-42-32(4,5)6)30(39-24)16-28-34(9,10)18-25(38-28)15-29(35)40-26/h13-16,19,40H,17-18,20-22H2,1-12H3/b23-13-,26-14?,28-16-,29-15-. The van der Waals surface area contributed by atoms with E-state index in [-0.39, 0.29) is 32.9 Å². The lowest BCUT2D eigenvalue weighted by atomic mass is 9.81. The first-order chi connectivity index (χ1) is 19.1. The van der Waals surface area contributed by atoms with Crippen molar-refractivity contribution in [3.63, 3.8) is 0 Å². The normalized spacial score (nSPS) is 33.7. The lowest BCUT2D eigenvalue weighted by molar-refractivity contribution is -0.0360. The molecule has 228 valence electrons. The maximum absolute atomic E-state index is 6.38. The van der Waals surface area contributed by atoms with Gasteiger partial charge in [-0.1, -0.05) is 34.6 Å². The van der Waals surface area contributed by atoms with E-state index in [4.69, 9.17) is 24.5 Å². The Kier molecular flexibility index (Phi) is 7.34. The quantitative estimate of drug-likeness (QED) is 0.369. The molecule has 0 saturated carbocycles. The molecule has 0 spiro atoms. The van der Waals surface area contributed by atoms with E-state index in [1.807, 2.05) is 0 Å². The predicted octanol–water partition coefficient (Wildman–Crippen LogP) is 8.25. The molecule has 2 atom stereocenters. The van der Waals surface area contributed by atoms with Crippen LogP contribution in [0.15, 0.2) is 73.8 Å². The van der Waals surface area contributed by atoms with Crippen LogP contribution in [0.3, 0.4) is 0 Å². The Bertz CT molecular complexity index is 1410. The third-order valence-corrected chi connectivity index (χ3v) is 8.83. The summed E-state index contributed by atoms with van der Waals surface area (Å²) < 4.78 is 12.7. The number of aliphatic imine (C=N–C) groups is 3. The second kappa shape index (κ2) is 9.99. The highest BCUT2D eigenvalue weighted by Crippen LogP contribution is 2.45. The molecule has 0 amide bonds. The van der Waals surface area contributed by atoms with E-state index in [1.165, 1.54) is 11.4 Å². The van der Waals surface area contributed by atoms with Crippen LogP contribution >= 0.6 is 0 Å². The Morgan fingerprint density at radius 3 is 2.05 bits per heavy atom. The van der Waals surface area contributed by atoms with Crippen molar-refractivity contribution in [3.8, 4) is 0 Å². The van der Waals surface area contributed by atoms with Gasteiger partial charge in [0.15, 0.2) is 0 Å². The molecule has 2 unspecified atom stereocenters. The van der Waals surface area contributed by atoms with E-state index in [2.05, 4.69) is 119 Å². The molecule has 1 N–H and O–H groups in total. The molecule has 0 aromatic carbocycles. The zero-order chi connectivity index (χ0) is 30.9. The summed E-state index contributed by atoms with van der Waals surface area (Å²) in [7, 11) is 0. The third kappa shape index (κ3) is 6.50. The summed E-state index contributed by atoms with van der Waals surface area (Å²) in [4.78, 5) is 15.6. The fraction of sp³-hybridized carbons (Fsp3) is 0.639. The Hall–Kier alpha value is -2.57. The van der Waals surface area contributed by atoms with Crippen LogP contribution < -0.4 is 5.32 Å². The number of hydrogen-bond acceptors (Lipinski definition) is 6. The zero-order valence-corrected chi connectivity index (χ0v) is 28.1. The Labute approximate surface area is 253 Å². The Morgan fingerprint density at radius 1 is 0.714 bits per heavy atom. The van der Waals surface area contributed by atoms with Gasteiger partial charge >= 0.3 is 0 Å². The summed E-state index contributed by atoms with van der Waals surface area (Å²) in [5.41, 5.74) is 7.43. The molecule has 1 saturated heterocycles. The smallest absolute Gasteiger partial charge is 0.0621 e. The van der Waals surface area contributed by atoms with Crippen molar-refractivity contribution in [2.75, 3.05) is 13.2 Å². The molecule has 0 aliphatic carbocycles. The number of allylic oxidation sites excluding steroid dienone is 7. The van der Waals surface area contributed by atoms with Crippen LogP contribution in [0.5, 0.6) is 0 Å². The number of hydrogen-bond donors (Lipinski definition) is 1. The highest BCUT2D eigenvalue weighted by molar-refractivity contribution is 6.06. The Balaban J connectivity index is 1.65. The van der Waals surface area contributed by atoms with Crippen LogP contribution in [0.25, 0.3) is 0 Å². The molecule has 5 aliphatic heterocycles. The molecule has 0 aromatic heterocycles. The summed E-state index contributed by atoms with van der Waals surface area (Å²) in [6, 6.07) is 0. The molecule has 0 radical (unpaired) electrons. The second-order valence-electron chi connectivity index (χ2n) is 16.8. The van der Waals surface area contributed by atoms with Gasteiger partial charge < -0.3 is 14.8 Å². The van der Waals surface area contributed by atoms with Crippen LogP contribution in [0, 0.1) is 21.7 Å². The van der Waals surface area contributed by atoms with Crippen LogP contribution in [0.4, 0.5) is 0 Å². The predicted molar refractivity (Wildman–Crippen MR) is 175 cm³/mol. The van der Waals surface area contributed by atoms with Crippen LogP contribution in [0.1, 0.15) is 102 Å². The minimum atomic E-state index is -0.362. The molecule has 1 fully saturated rings. The molecule has 5 rings (SSSR count). The average molecular weight is 573 g/mol. The summed E-state index contributed by atoms with van der Waals surface area (Å²) in [6.45, 7) is 27.5. The van der Waals surface area contributed by atoms with Gasteiger partial charge in [-0.15, -0.1) is 0 Å². The van der Waals surface area contributed by atoms with Crippen LogP contribution in [0.2, 0.25) is 0 Å². The maximum atomic E-state index is 6.38. The first kappa shape index (κ1) is 30.9. The lowest BCUT2D eigenvalue weighted by Crippen LogP contribution is -2.33. The van der Waals surface area contributed by atoms with Crippen molar-refractivity contribution in [1.29, 1.82) is 0 Å². The van der Waals surface area contributed by atoms with Gasteiger partial charge in [-0.2, -0.15) is 0 Å². The van der Waals surface area contributed by atoms with E-state index in [0.29, 0.717) is 13.2 Å². The van der Waals surface area contributed by atoms with Gasteiger partial charge in [0, 0.05) is 69.7 Å². The minimum absolute atomic E-state index is 0.0707. The molecule has 6 heteroatoms. The average Bonchev–Trinajstić information content (AvgIpc) is 3.47. The monoisotopic (exact) mass is 572 g/mol. The van der Waals surface area contributed by atoms with Crippen LogP contribution in [-0.2, 0) is 9.47 Å². The molecular formula is C36H52N4O2. The molecule has 6 nitrogen and oxygen atoms in total. The molecule has 0 aromatic rings. The van der Waals surface area contributed by atoms with Gasteiger partial charge in [-0.25, -0.2) is 0 Å². The molecule has 5 heterocycles. The van der Waals surface area contributed by atoms with Crippen molar-refractivity contribution in [2.45, 2.75) is 114 Å². The van der Waals surface area contributed by atoms with Gasteiger partial charge in [0.1, 0.15) is 0 Å². The second-order valence-corrected chi connectivity index (χ2v) is 16.8. The van der Waals surface area contributed by atoms with E-state index in [0.717, 1.165) is 53.5 Å². The van der Waals surface area contributed by atoms with Crippen molar-refractivity contribution in [1.82, 2.24) is 5.32 Å². The third-order valence-electron chi connectivity index (χ3n) is 8.83. The summed E-state index contributed by atoms with van der Waals surface area (Å²) in [6.07, 6.45) is 13.8. The van der Waals surface area contributed by atoms with Crippen molar-refractivity contribution in [3.05, 3.63) is 58.9 Å². The highest BCUT2D eigenvalue weighted by Gasteiger charge is 2.42. The van der Waals surface area contributed by atoms with E-state index in [9.17, 15) is 0 Å². The summed E-state index contributed by atoms with van der Waals surface area (Å²) in [5, 5.41) is 3.79. The van der Waals surface area contributed by atoms with Gasteiger partial charge in [-0.05, 0) is 78.8 Å². The van der Waals surface area contributed by atoms with Crippen molar-refractivity contribution >= 4 is 17.1 Å². The molecular weight excluding hydrogens is 520 g/mol. The van der Waals surface area contributed by atoms with Crippen molar-refractivity contribution in [2.24, 2.45) is 36.6 Å². The topological polar surface area (TPSA) is 67.6 Å². The van der Waals surface area contributed by atoms with E-state index in [1.54, 1.807) is 0 Å². The van der Waals surface area contributed by atoms with Crippen LogP contribution in [-0.4, -0.2) is 41.6 Å². The number of nitrogens with zero attached hydrogens (tertiary/aromatic N) is 3. The largest absolute Gasteiger partial charge is 0.375 e.